The quantitative estimate of drug-likeness (QED) is 0.271. The van der Waals surface area contributed by atoms with Gasteiger partial charge < -0.3 is 19.7 Å². The van der Waals surface area contributed by atoms with Crippen molar-refractivity contribution in [3.8, 4) is 5.75 Å². The Hall–Kier alpha value is -4.06. The van der Waals surface area contributed by atoms with Gasteiger partial charge in [0, 0.05) is 28.7 Å². The molecule has 0 bridgehead atoms. The number of fused-ring (bicyclic) bond motifs is 1. The van der Waals surface area contributed by atoms with Crippen LogP contribution in [-0.4, -0.2) is 28.2 Å². The monoisotopic (exact) mass is 510 g/mol. The van der Waals surface area contributed by atoms with E-state index in [-0.39, 0.29) is 18.6 Å². The molecule has 1 amide bonds. The maximum absolute atomic E-state index is 13.2. The summed E-state index contributed by atoms with van der Waals surface area (Å²) in [7, 11) is 0. The second kappa shape index (κ2) is 10.4. The van der Waals surface area contributed by atoms with Gasteiger partial charge in [-0.3, -0.25) is 4.79 Å². The first kappa shape index (κ1) is 25.6. The number of aromatic nitrogens is 1. The molecule has 1 unspecified atom stereocenters. The third-order valence-corrected chi connectivity index (χ3v) is 7.52. The molecule has 1 fully saturated rings. The first-order chi connectivity index (χ1) is 18.2. The molecule has 0 saturated heterocycles. The van der Waals surface area contributed by atoms with Crippen molar-refractivity contribution in [1.82, 2.24) is 9.88 Å². The maximum Gasteiger partial charge on any atom is 0.341 e. The van der Waals surface area contributed by atoms with Crippen LogP contribution in [0, 0.1) is 20.8 Å². The van der Waals surface area contributed by atoms with Gasteiger partial charge in [-0.05, 0) is 105 Å². The summed E-state index contributed by atoms with van der Waals surface area (Å²) in [5.41, 5.74) is 8.48. The lowest BCUT2D eigenvalue weighted by atomic mass is 10.0. The summed E-state index contributed by atoms with van der Waals surface area (Å²) in [5.74, 6) is 0.139. The first-order valence-corrected chi connectivity index (χ1v) is 13.1. The van der Waals surface area contributed by atoms with Crippen molar-refractivity contribution in [3.05, 3.63) is 99.7 Å². The van der Waals surface area contributed by atoms with Gasteiger partial charge in [0.1, 0.15) is 5.75 Å². The van der Waals surface area contributed by atoms with Crippen LogP contribution in [0.25, 0.3) is 10.9 Å². The van der Waals surface area contributed by atoms with Gasteiger partial charge in [-0.25, -0.2) is 4.79 Å². The van der Waals surface area contributed by atoms with Crippen molar-refractivity contribution in [1.29, 1.82) is 0 Å². The molecule has 1 heterocycles. The summed E-state index contributed by atoms with van der Waals surface area (Å²) >= 11 is 0. The number of benzene rings is 3. The number of nitrogens with zero attached hydrogens (tertiary/aromatic N) is 1. The topological polar surface area (TPSA) is 80.6 Å². The number of aliphatic carboxylic acids is 1. The molecular weight excluding hydrogens is 476 g/mol. The third-order valence-electron chi connectivity index (χ3n) is 7.52. The number of nitrogens with one attached hydrogen (secondary N) is 1. The van der Waals surface area contributed by atoms with Crippen LogP contribution < -0.4 is 10.1 Å². The second-order valence-electron chi connectivity index (χ2n) is 10.5. The van der Waals surface area contributed by atoms with E-state index >= 15 is 0 Å². The van der Waals surface area contributed by atoms with Gasteiger partial charge in [0.2, 0.25) is 0 Å². The molecule has 6 nitrogen and oxygen atoms in total. The molecule has 2 N–H and O–H groups in total. The molecule has 0 spiro atoms. The van der Waals surface area contributed by atoms with Crippen LogP contribution in [-0.2, 0) is 11.3 Å². The van der Waals surface area contributed by atoms with Crippen LogP contribution >= 0.6 is 0 Å². The van der Waals surface area contributed by atoms with E-state index in [1.54, 1.807) is 0 Å². The molecular formula is C32H34N2O4. The van der Waals surface area contributed by atoms with Crippen molar-refractivity contribution < 1.29 is 19.4 Å². The van der Waals surface area contributed by atoms with Crippen molar-refractivity contribution in [2.45, 2.75) is 59.0 Å². The lowest BCUT2D eigenvalue weighted by Crippen LogP contribution is -2.26. The van der Waals surface area contributed by atoms with Crippen LogP contribution in [0.4, 0.5) is 0 Å². The summed E-state index contributed by atoms with van der Waals surface area (Å²) in [6, 6.07) is 20.2. The average Bonchev–Trinajstić information content (AvgIpc) is 3.72. The fraction of sp³-hybridized carbons (Fsp3) is 0.312. The minimum Gasteiger partial charge on any atom is -0.482 e. The van der Waals surface area contributed by atoms with E-state index in [1.807, 2.05) is 44.2 Å². The highest BCUT2D eigenvalue weighted by molar-refractivity contribution is 5.99. The number of carbonyl (C=O) groups excluding carboxylic acids is 1. The Bertz CT molecular complexity index is 1530. The molecule has 1 atom stereocenters. The minimum absolute atomic E-state index is 0.0804. The first-order valence-electron chi connectivity index (χ1n) is 13.1. The van der Waals surface area contributed by atoms with Gasteiger partial charge in [0.05, 0.1) is 6.04 Å². The van der Waals surface area contributed by atoms with E-state index < -0.39 is 5.97 Å². The van der Waals surface area contributed by atoms with Crippen molar-refractivity contribution >= 4 is 22.8 Å². The fourth-order valence-electron chi connectivity index (χ4n) is 5.18. The van der Waals surface area contributed by atoms with Gasteiger partial charge in [-0.15, -0.1) is 0 Å². The molecule has 1 saturated carbocycles. The molecule has 1 aromatic heterocycles. The number of rotatable bonds is 9. The predicted molar refractivity (Wildman–Crippen MR) is 149 cm³/mol. The number of amides is 1. The van der Waals surface area contributed by atoms with Crippen molar-refractivity contribution in [2.24, 2.45) is 0 Å². The largest absolute Gasteiger partial charge is 0.482 e. The van der Waals surface area contributed by atoms with Crippen LogP contribution in [0.5, 0.6) is 5.75 Å². The highest BCUT2D eigenvalue weighted by Gasteiger charge is 2.24. The number of carboxylic acid groups (broad SMARTS) is 1. The molecule has 3 aromatic carbocycles. The number of carbonyl (C=O) groups is 2. The fourth-order valence-corrected chi connectivity index (χ4v) is 5.18. The second-order valence-corrected chi connectivity index (χ2v) is 10.5. The highest BCUT2D eigenvalue weighted by Crippen LogP contribution is 2.40. The third kappa shape index (κ3) is 5.44. The lowest BCUT2D eigenvalue weighted by Gasteiger charge is -2.16. The SMILES string of the molecule is Cc1cc(Cn2c(C)c(C)c3cc(C(=O)NC(C)c4cccc(C5CC5)c4)ccc32)cc(OCC(=O)O)c1. The van der Waals surface area contributed by atoms with Gasteiger partial charge in [-0.1, -0.05) is 30.3 Å². The van der Waals surface area contributed by atoms with Crippen molar-refractivity contribution in [3.63, 3.8) is 0 Å². The summed E-state index contributed by atoms with van der Waals surface area (Å²) in [6.45, 7) is 8.41. The van der Waals surface area contributed by atoms with Crippen LogP contribution in [0.15, 0.2) is 60.7 Å². The molecule has 1 aliphatic rings. The zero-order valence-electron chi connectivity index (χ0n) is 22.4. The van der Waals surface area contributed by atoms with E-state index in [2.05, 4.69) is 54.1 Å². The average molecular weight is 511 g/mol. The summed E-state index contributed by atoms with van der Waals surface area (Å²) in [6.07, 6.45) is 2.51. The molecule has 6 heteroatoms. The van der Waals surface area contributed by atoms with E-state index in [9.17, 15) is 9.59 Å². The molecule has 1 aliphatic carbocycles. The number of ether oxygens (including phenoxy) is 1. The molecule has 4 aromatic rings. The predicted octanol–water partition coefficient (Wildman–Crippen LogP) is 6.45. The van der Waals surface area contributed by atoms with E-state index in [1.165, 1.54) is 18.4 Å². The number of aryl methyl sites for hydroxylation is 2. The van der Waals surface area contributed by atoms with Crippen molar-refractivity contribution in [2.75, 3.05) is 6.61 Å². The molecule has 0 radical (unpaired) electrons. The number of hydrogen-bond acceptors (Lipinski definition) is 3. The maximum atomic E-state index is 13.2. The Morgan fingerprint density at radius 2 is 1.84 bits per heavy atom. The van der Waals surface area contributed by atoms with Gasteiger partial charge in [0.25, 0.3) is 5.91 Å². The Labute approximate surface area is 223 Å². The van der Waals surface area contributed by atoms with Crippen LogP contribution in [0.1, 0.15) is 75.6 Å². The Kier molecular flexibility index (Phi) is 6.98. The smallest absolute Gasteiger partial charge is 0.341 e. The summed E-state index contributed by atoms with van der Waals surface area (Å²) in [4.78, 5) is 24.1. The standard InChI is InChI=1S/C32H34N2O4/c1-19-12-23(14-28(13-19)38-18-31(35)36)17-34-22(4)20(2)29-16-27(10-11-30(29)34)32(37)33-21(3)25-6-5-7-26(15-25)24-8-9-24/h5-7,10-16,21,24H,8-9,17-18H2,1-4H3,(H,33,37)(H,35,36). The Balaban J connectivity index is 1.37. The van der Waals surface area contributed by atoms with Crippen LogP contribution in [0.3, 0.4) is 0 Å². The van der Waals surface area contributed by atoms with E-state index in [0.717, 1.165) is 38.9 Å². The normalized spacial score (nSPS) is 13.9. The van der Waals surface area contributed by atoms with Crippen LogP contribution in [0.2, 0.25) is 0 Å². The lowest BCUT2D eigenvalue weighted by molar-refractivity contribution is -0.139. The van der Waals surface area contributed by atoms with E-state index in [4.69, 9.17) is 9.84 Å². The summed E-state index contributed by atoms with van der Waals surface area (Å²) < 4.78 is 7.65. The van der Waals surface area contributed by atoms with E-state index in [0.29, 0.717) is 23.8 Å². The zero-order chi connectivity index (χ0) is 27.0. The Morgan fingerprint density at radius 1 is 1.05 bits per heavy atom. The molecule has 38 heavy (non-hydrogen) atoms. The summed E-state index contributed by atoms with van der Waals surface area (Å²) in [5, 5.41) is 13.2. The molecule has 0 aliphatic heterocycles. The Morgan fingerprint density at radius 3 is 2.58 bits per heavy atom. The van der Waals surface area contributed by atoms with Gasteiger partial charge in [0.15, 0.2) is 6.61 Å². The minimum atomic E-state index is -1.00. The molecule has 5 rings (SSSR count). The highest BCUT2D eigenvalue weighted by atomic mass is 16.5. The van der Waals surface area contributed by atoms with Gasteiger partial charge >= 0.3 is 5.97 Å². The zero-order valence-corrected chi connectivity index (χ0v) is 22.4. The van der Waals surface area contributed by atoms with Gasteiger partial charge in [-0.2, -0.15) is 0 Å². The number of hydrogen-bond donors (Lipinski definition) is 2. The number of carboxylic acids is 1. The molecule has 196 valence electrons.